The fourth-order valence-electron chi connectivity index (χ4n) is 4.71. The van der Waals surface area contributed by atoms with Crippen LogP contribution in [0.4, 0.5) is 26.3 Å². The molecular weight excluding hydrogens is 480 g/mol. The lowest BCUT2D eigenvalue weighted by Gasteiger charge is -2.22. The Balaban J connectivity index is 1.58. The lowest BCUT2D eigenvalue weighted by atomic mass is 10.1. The second kappa shape index (κ2) is 8.67. The van der Waals surface area contributed by atoms with Crippen molar-refractivity contribution < 1.29 is 36.0 Å². The Morgan fingerprint density at radius 2 is 1.53 bits per heavy atom. The molecular formula is C23H22F6N3OS+. The number of aryl methyl sites for hydroxylation is 2. The first-order valence-electron chi connectivity index (χ1n) is 11.2. The van der Waals surface area contributed by atoms with E-state index < -0.39 is 29.2 Å². The van der Waals surface area contributed by atoms with Crippen molar-refractivity contribution in [3.63, 3.8) is 0 Å². The minimum atomic E-state index is -4.95. The lowest BCUT2D eigenvalue weighted by Crippen LogP contribution is -3.11. The molecule has 3 heterocycles. The normalized spacial score (nSPS) is 17.4. The van der Waals surface area contributed by atoms with Gasteiger partial charge in [0.1, 0.15) is 17.1 Å². The quantitative estimate of drug-likeness (QED) is 0.474. The van der Waals surface area contributed by atoms with Crippen molar-refractivity contribution in [1.29, 1.82) is 0 Å². The Kier molecular flexibility index (Phi) is 5.96. The fraction of sp³-hybridized carbons (Fsp3) is 0.478. The summed E-state index contributed by atoms with van der Waals surface area (Å²) in [5.74, 6) is -0.0260. The van der Waals surface area contributed by atoms with Gasteiger partial charge in [0.2, 0.25) is 5.88 Å². The first kappa shape index (κ1) is 23.3. The second-order valence-corrected chi connectivity index (χ2v) is 9.90. The summed E-state index contributed by atoms with van der Waals surface area (Å²) in [4.78, 5) is 12.3. The number of aromatic nitrogens is 2. The molecule has 0 amide bonds. The first-order valence-corrected chi connectivity index (χ1v) is 12.0. The molecule has 0 spiro atoms. The largest absolute Gasteiger partial charge is 0.438 e. The van der Waals surface area contributed by atoms with E-state index in [1.54, 1.807) is 0 Å². The van der Waals surface area contributed by atoms with Crippen LogP contribution in [0.15, 0.2) is 18.2 Å². The third-order valence-corrected chi connectivity index (χ3v) is 7.51. The van der Waals surface area contributed by atoms with Gasteiger partial charge in [0, 0.05) is 4.88 Å². The van der Waals surface area contributed by atoms with Crippen molar-refractivity contribution in [3.8, 4) is 11.6 Å². The van der Waals surface area contributed by atoms with E-state index in [1.807, 2.05) is 0 Å². The fourth-order valence-corrected chi connectivity index (χ4v) is 5.98. The van der Waals surface area contributed by atoms with Gasteiger partial charge in [-0.2, -0.15) is 31.3 Å². The number of piperidine rings is 1. The number of rotatable bonds is 4. The van der Waals surface area contributed by atoms with Gasteiger partial charge in [-0.25, -0.2) is 4.98 Å². The zero-order valence-electron chi connectivity index (χ0n) is 18.1. The number of fused-ring (bicyclic) bond motifs is 3. The van der Waals surface area contributed by atoms with Crippen LogP contribution in [0.5, 0.6) is 11.6 Å². The summed E-state index contributed by atoms with van der Waals surface area (Å²) in [6.07, 6.45) is -3.99. The van der Waals surface area contributed by atoms with E-state index in [0.717, 1.165) is 55.6 Å². The highest BCUT2D eigenvalue weighted by Gasteiger charge is 2.37. The number of benzene rings is 1. The molecule has 0 saturated carbocycles. The van der Waals surface area contributed by atoms with Crippen LogP contribution >= 0.6 is 11.3 Å². The molecule has 182 valence electrons. The van der Waals surface area contributed by atoms with Gasteiger partial charge in [-0.1, -0.05) is 0 Å². The van der Waals surface area contributed by atoms with Crippen molar-refractivity contribution in [3.05, 3.63) is 45.6 Å². The van der Waals surface area contributed by atoms with Crippen LogP contribution in [0.2, 0.25) is 0 Å². The van der Waals surface area contributed by atoms with Crippen LogP contribution in [0.3, 0.4) is 0 Å². The maximum atomic E-state index is 13.3. The number of thiophene rings is 1. The van der Waals surface area contributed by atoms with Crippen molar-refractivity contribution in [2.45, 2.75) is 57.4 Å². The number of hydrogen-bond donors (Lipinski definition) is 1. The van der Waals surface area contributed by atoms with Gasteiger partial charge in [0.05, 0.1) is 29.6 Å². The number of quaternary nitrogens is 1. The van der Waals surface area contributed by atoms with Crippen LogP contribution in [-0.4, -0.2) is 23.1 Å². The molecule has 0 unspecified atom stereocenters. The molecule has 1 saturated heterocycles. The number of hydrogen-bond acceptors (Lipinski definition) is 4. The minimum absolute atomic E-state index is 0.0308. The molecule has 5 rings (SSSR count). The van der Waals surface area contributed by atoms with Gasteiger partial charge < -0.3 is 9.64 Å². The van der Waals surface area contributed by atoms with Gasteiger partial charge in [-0.3, -0.25) is 0 Å². The summed E-state index contributed by atoms with van der Waals surface area (Å²) < 4.78 is 85.7. The Labute approximate surface area is 195 Å². The van der Waals surface area contributed by atoms with Crippen LogP contribution < -0.4 is 9.64 Å². The predicted octanol–water partition coefficient (Wildman–Crippen LogP) is 5.58. The van der Waals surface area contributed by atoms with Crippen molar-refractivity contribution in [2.75, 3.05) is 13.1 Å². The summed E-state index contributed by atoms with van der Waals surface area (Å²) in [5.41, 5.74) is -1.86. The molecule has 0 radical (unpaired) electrons. The van der Waals surface area contributed by atoms with Crippen LogP contribution in [0.25, 0.3) is 10.2 Å². The highest BCUT2D eigenvalue weighted by Crippen LogP contribution is 2.43. The molecule has 0 atom stereocenters. The lowest BCUT2D eigenvalue weighted by molar-refractivity contribution is -0.919. The number of ether oxygens (including phenoxy) is 1. The first-order chi connectivity index (χ1) is 16.1. The number of alkyl halides is 6. The molecule has 1 aliphatic carbocycles. The van der Waals surface area contributed by atoms with Crippen LogP contribution in [0, 0.1) is 0 Å². The number of likely N-dealkylation sites (tertiary alicyclic amines) is 1. The van der Waals surface area contributed by atoms with Crippen molar-refractivity contribution >= 4 is 21.6 Å². The van der Waals surface area contributed by atoms with Crippen LogP contribution in [0.1, 0.15) is 53.1 Å². The highest BCUT2D eigenvalue weighted by atomic mass is 32.1. The van der Waals surface area contributed by atoms with E-state index in [2.05, 4.69) is 4.98 Å². The molecule has 1 N–H and O–H groups in total. The Morgan fingerprint density at radius 1 is 0.853 bits per heavy atom. The molecule has 1 fully saturated rings. The molecule has 4 nitrogen and oxygen atoms in total. The van der Waals surface area contributed by atoms with Gasteiger partial charge in [-0.05, 0) is 62.3 Å². The molecule has 11 heteroatoms. The zero-order chi connectivity index (χ0) is 24.1. The monoisotopic (exact) mass is 502 g/mol. The number of nitrogens with zero attached hydrogens (tertiary/aromatic N) is 2. The molecule has 34 heavy (non-hydrogen) atoms. The van der Waals surface area contributed by atoms with Gasteiger partial charge >= 0.3 is 12.4 Å². The van der Waals surface area contributed by atoms with E-state index in [0.29, 0.717) is 34.7 Å². The topological polar surface area (TPSA) is 39.5 Å². The highest BCUT2D eigenvalue weighted by molar-refractivity contribution is 7.19. The minimum Gasteiger partial charge on any atom is -0.438 e. The van der Waals surface area contributed by atoms with E-state index >= 15 is 0 Å². The molecule has 0 bridgehead atoms. The average Bonchev–Trinajstić information content (AvgIpc) is 3.34. The summed E-state index contributed by atoms with van der Waals surface area (Å²) in [5, 5.41) is 0.598. The SMILES string of the molecule is FC(F)(F)c1cc(Oc2nc(C[NH+]3CCCCC3)nc3sc4c(c23)CCC4)cc(C(F)(F)F)c1. The standard InChI is InChI=1S/C23H21F6N3OS/c24-22(25,26)13-9-14(23(27,28)29)11-15(10-13)33-20-19-16-5-4-6-17(16)34-21(19)31-18(30-20)12-32-7-2-1-3-8-32/h9-11H,1-8,12H2/p+1. The molecule has 2 aromatic heterocycles. The smallest absolute Gasteiger partial charge is 0.416 e. The zero-order valence-corrected chi connectivity index (χ0v) is 18.9. The predicted molar refractivity (Wildman–Crippen MR) is 114 cm³/mol. The molecule has 2 aliphatic rings. The molecule has 3 aromatic rings. The van der Waals surface area contributed by atoms with E-state index in [1.165, 1.54) is 22.7 Å². The number of halogens is 6. The van der Waals surface area contributed by atoms with Crippen LogP contribution in [-0.2, 0) is 31.7 Å². The third-order valence-electron chi connectivity index (χ3n) is 6.32. The van der Waals surface area contributed by atoms with Crippen molar-refractivity contribution in [2.24, 2.45) is 0 Å². The summed E-state index contributed by atoms with van der Waals surface area (Å²) in [7, 11) is 0. The van der Waals surface area contributed by atoms with Gasteiger partial charge in [0.25, 0.3) is 0 Å². The summed E-state index contributed by atoms with van der Waals surface area (Å²) in [6, 6.07) is 1.27. The van der Waals surface area contributed by atoms with Crippen molar-refractivity contribution in [1.82, 2.24) is 9.97 Å². The summed E-state index contributed by atoms with van der Waals surface area (Å²) >= 11 is 1.50. The second-order valence-electron chi connectivity index (χ2n) is 8.81. The van der Waals surface area contributed by atoms with Gasteiger partial charge in [0.15, 0.2) is 5.82 Å². The third kappa shape index (κ3) is 4.72. The summed E-state index contributed by atoms with van der Waals surface area (Å²) in [6.45, 7) is 2.48. The van der Waals surface area contributed by atoms with E-state index in [-0.39, 0.29) is 11.9 Å². The number of nitrogens with one attached hydrogen (secondary N) is 1. The van der Waals surface area contributed by atoms with E-state index in [9.17, 15) is 26.3 Å². The Bertz CT molecular complexity index is 1180. The van der Waals surface area contributed by atoms with E-state index in [4.69, 9.17) is 9.72 Å². The molecule has 1 aliphatic heterocycles. The maximum Gasteiger partial charge on any atom is 0.416 e. The Morgan fingerprint density at radius 3 is 2.18 bits per heavy atom. The molecule has 1 aromatic carbocycles. The van der Waals surface area contributed by atoms with Gasteiger partial charge in [-0.15, -0.1) is 11.3 Å². The Hall–Kier alpha value is -2.40. The maximum absolute atomic E-state index is 13.3. The average molecular weight is 503 g/mol.